The third kappa shape index (κ3) is 4.64. The second-order valence-electron chi connectivity index (χ2n) is 5.77. The van der Waals surface area contributed by atoms with Crippen molar-refractivity contribution in [2.75, 3.05) is 32.8 Å². The van der Waals surface area contributed by atoms with E-state index in [0.717, 1.165) is 45.1 Å². The third-order valence-electron chi connectivity index (χ3n) is 3.82. The summed E-state index contributed by atoms with van der Waals surface area (Å²) >= 11 is 0. The fourth-order valence-corrected chi connectivity index (χ4v) is 2.16. The van der Waals surface area contributed by atoms with Crippen LogP contribution in [0, 0.1) is 11.3 Å². The van der Waals surface area contributed by atoms with Crippen LogP contribution < -0.4 is 10.6 Å². The van der Waals surface area contributed by atoms with Gasteiger partial charge in [0.15, 0.2) is 0 Å². The second kappa shape index (κ2) is 5.83. The molecular weight excluding hydrogens is 216 g/mol. The van der Waals surface area contributed by atoms with Gasteiger partial charge in [-0.2, -0.15) is 0 Å². The molecule has 0 atom stereocenters. The minimum Gasteiger partial charge on any atom is -0.381 e. The highest BCUT2D eigenvalue weighted by Gasteiger charge is 2.27. The summed E-state index contributed by atoms with van der Waals surface area (Å²) in [5.74, 6) is 0.888. The predicted octanol–water partition coefficient (Wildman–Crippen LogP) is 0.919. The number of hydrogen-bond acceptors (Lipinski definition) is 3. The SMILES string of the molecule is CC1(CNCC(=O)NCC2CC2)CCOCC1. The molecule has 2 rings (SSSR count). The third-order valence-corrected chi connectivity index (χ3v) is 3.82. The lowest BCUT2D eigenvalue weighted by Gasteiger charge is -2.33. The molecule has 0 bridgehead atoms. The van der Waals surface area contributed by atoms with Crippen LogP contribution in [-0.4, -0.2) is 38.8 Å². The maximum atomic E-state index is 11.5. The Morgan fingerprint density at radius 2 is 2.06 bits per heavy atom. The summed E-state index contributed by atoms with van der Waals surface area (Å²) in [5, 5.41) is 6.24. The largest absolute Gasteiger partial charge is 0.381 e. The fourth-order valence-electron chi connectivity index (χ4n) is 2.16. The quantitative estimate of drug-likeness (QED) is 0.726. The predicted molar refractivity (Wildman–Crippen MR) is 66.8 cm³/mol. The zero-order valence-electron chi connectivity index (χ0n) is 10.8. The number of carbonyl (C=O) groups excluding carboxylic acids is 1. The van der Waals surface area contributed by atoms with Gasteiger partial charge in [-0.05, 0) is 37.0 Å². The summed E-state index contributed by atoms with van der Waals surface area (Å²) in [6.45, 7) is 6.20. The lowest BCUT2D eigenvalue weighted by atomic mass is 9.82. The highest BCUT2D eigenvalue weighted by Crippen LogP contribution is 2.28. The van der Waals surface area contributed by atoms with Gasteiger partial charge in [0.1, 0.15) is 0 Å². The van der Waals surface area contributed by atoms with Crippen LogP contribution in [0.5, 0.6) is 0 Å². The topological polar surface area (TPSA) is 50.4 Å². The first-order valence-corrected chi connectivity index (χ1v) is 6.73. The van der Waals surface area contributed by atoms with E-state index in [-0.39, 0.29) is 5.91 Å². The number of rotatable bonds is 6. The van der Waals surface area contributed by atoms with E-state index in [2.05, 4.69) is 17.6 Å². The Bertz CT molecular complexity index is 258. The van der Waals surface area contributed by atoms with Gasteiger partial charge in [0.25, 0.3) is 0 Å². The molecule has 1 amide bonds. The minimum absolute atomic E-state index is 0.132. The molecule has 0 unspecified atom stereocenters. The number of hydrogen-bond donors (Lipinski definition) is 2. The summed E-state index contributed by atoms with van der Waals surface area (Å²) in [6, 6.07) is 0. The first-order chi connectivity index (χ1) is 8.18. The second-order valence-corrected chi connectivity index (χ2v) is 5.77. The van der Waals surface area contributed by atoms with Gasteiger partial charge in [0.2, 0.25) is 5.91 Å². The molecule has 1 aliphatic carbocycles. The number of amides is 1. The molecule has 0 aromatic heterocycles. The lowest BCUT2D eigenvalue weighted by molar-refractivity contribution is -0.120. The Hall–Kier alpha value is -0.610. The summed E-state index contributed by atoms with van der Waals surface area (Å²) in [6.07, 6.45) is 4.74. The highest BCUT2D eigenvalue weighted by molar-refractivity contribution is 5.77. The van der Waals surface area contributed by atoms with Crippen LogP contribution in [0.15, 0.2) is 0 Å². The summed E-state index contributed by atoms with van der Waals surface area (Å²) in [7, 11) is 0. The van der Waals surface area contributed by atoms with Crippen LogP contribution in [0.3, 0.4) is 0 Å². The van der Waals surface area contributed by atoms with Gasteiger partial charge in [0.05, 0.1) is 6.54 Å². The van der Waals surface area contributed by atoms with Crippen LogP contribution in [0.4, 0.5) is 0 Å². The van der Waals surface area contributed by atoms with Crippen molar-refractivity contribution in [1.82, 2.24) is 10.6 Å². The van der Waals surface area contributed by atoms with Gasteiger partial charge >= 0.3 is 0 Å². The smallest absolute Gasteiger partial charge is 0.233 e. The molecule has 4 heteroatoms. The molecule has 98 valence electrons. The molecule has 0 spiro atoms. The summed E-state index contributed by atoms with van der Waals surface area (Å²) in [5.41, 5.74) is 0.301. The van der Waals surface area contributed by atoms with Gasteiger partial charge < -0.3 is 15.4 Å². The Labute approximate surface area is 103 Å². The molecule has 0 aromatic carbocycles. The van der Waals surface area contributed by atoms with Gasteiger partial charge in [-0.25, -0.2) is 0 Å². The molecule has 0 radical (unpaired) electrons. The Kier molecular flexibility index (Phi) is 4.40. The van der Waals surface area contributed by atoms with Crippen molar-refractivity contribution in [2.45, 2.75) is 32.6 Å². The van der Waals surface area contributed by atoms with Crippen LogP contribution >= 0.6 is 0 Å². The van der Waals surface area contributed by atoms with Gasteiger partial charge in [-0.15, -0.1) is 0 Å². The normalized spacial score (nSPS) is 23.4. The van der Waals surface area contributed by atoms with Crippen molar-refractivity contribution in [2.24, 2.45) is 11.3 Å². The molecule has 2 aliphatic rings. The van der Waals surface area contributed by atoms with Crippen LogP contribution in [0.1, 0.15) is 32.6 Å². The van der Waals surface area contributed by atoms with Crippen LogP contribution in [-0.2, 0) is 9.53 Å². The molecule has 0 aromatic rings. The number of carbonyl (C=O) groups is 1. The van der Waals surface area contributed by atoms with Gasteiger partial charge in [0, 0.05) is 26.3 Å². The van der Waals surface area contributed by atoms with E-state index < -0.39 is 0 Å². The molecule has 2 fully saturated rings. The van der Waals surface area contributed by atoms with E-state index in [1.54, 1.807) is 0 Å². The standard InChI is InChI=1S/C13H24N2O2/c1-13(4-6-17-7-5-13)10-14-9-12(16)15-8-11-2-3-11/h11,14H,2-10H2,1H3,(H,15,16). The molecular formula is C13H24N2O2. The van der Waals surface area contributed by atoms with Gasteiger partial charge in [-0.1, -0.05) is 6.92 Å². The fraction of sp³-hybridized carbons (Fsp3) is 0.923. The Balaban J connectivity index is 1.55. The van der Waals surface area contributed by atoms with Gasteiger partial charge in [-0.3, -0.25) is 4.79 Å². The maximum Gasteiger partial charge on any atom is 0.233 e. The van der Waals surface area contributed by atoms with Crippen molar-refractivity contribution >= 4 is 5.91 Å². The van der Waals surface area contributed by atoms with Crippen molar-refractivity contribution in [1.29, 1.82) is 0 Å². The zero-order valence-corrected chi connectivity index (χ0v) is 10.8. The van der Waals surface area contributed by atoms with Crippen molar-refractivity contribution in [3.63, 3.8) is 0 Å². The molecule has 1 aliphatic heterocycles. The van der Waals surface area contributed by atoms with E-state index >= 15 is 0 Å². The van der Waals surface area contributed by atoms with Crippen molar-refractivity contribution in [3.8, 4) is 0 Å². The molecule has 1 saturated heterocycles. The monoisotopic (exact) mass is 240 g/mol. The van der Waals surface area contributed by atoms with E-state index in [9.17, 15) is 4.79 Å². The van der Waals surface area contributed by atoms with Crippen molar-refractivity contribution in [3.05, 3.63) is 0 Å². The molecule has 4 nitrogen and oxygen atoms in total. The highest BCUT2D eigenvalue weighted by atomic mass is 16.5. The minimum atomic E-state index is 0.132. The van der Waals surface area contributed by atoms with E-state index in [1.165, 1.54) is 12.8 Å². The number of nitrogens with one attached hydrogen (secondary N) is 2. The van der Waals surface area contributed by atoms with Crippen LogP contribution in [0.2, 0.25) is 0 Å². The lowest BCUT2D eigenvalue weighted by Crippen LogP contribution is -2.41. The van der Waals surface area contributed by atoms with E-state index in [0.29, 0.717) is 12.0 Å². The summed E-state index contributed by atoms with van der Waals surface area (Å²) < 4.78 is 5.36. The average molecular weight is 240 g/mol. The van der Waals surface area contributed by atoms with Crippen molar-refractivity contribution < 1.29 is 9.53 Å². The Morgan fingerprint density at radius 1 is 1.35 bits per heavy atom. The first-order valence-electron chi connectivity index (χ1n) is 6.73. The zero-order chi connectivity index (χ0) is 12.1. The molecule has 17 heavy (non-hydrogen) atoms. The first kappa shape index (κ1) is 12.8. The Morgan fingerprint density at radius 3 is 2.71 bits per heavy atom. The molecule has 1 saturated carbocycles. The van der Waals surface area contributed by atoms with E-state index in [1.807, 2.05) is 0 Å². The molecule has 1 heterocycles. The van der Waals surface area contributed by atoms with E-state index in [4.69, 9.17) is 4.74 Å². The molecule has 2 N–H and O–H groups in total. The maximum absolute atomic E-state index is 11.5. The number of ether oxygens (including phenoxy) is 1. The average Bonchev–Trinajstić information content (AvgIpc) is 3.11. The summed E-state index contributed by atoms with van der Waals surface area (Å²) in [4.78, 5) is 11.5. The van der Waals surface area contributed by atoms with Crippen LogP contribution in [0.25, 0.3) is 0 Å².